The summed E-state index contributed by atoms with van der Waals surface area (Å²) in [5, 5.41) is 23.0. The van der Waals surface area contributed by atoms with Crippen molar-refractivity contribution in [1.29, 1.82) is 0 Å². The summed E-state index contributed by atoms with van der Waals surface area (Å²) in [4.78, 5) is 45.2. The van der Waals surface area contributed by atoms with E-state index in [4.69, 9.17) is 4.52 Å². The Hall–Kier alpha value is -4.23. The summed E-state index contributed by atoms with van der Waals surface area (Å²) in [5.74, 6) is -1.52. The number of hydrogen-bond donors (Lipinski definition) is 2. The molecule has 2 N–H and O–H groups in total. The Kier molecular flexibility index (Phi) is 5.59. The molecule has 0 aromatic carbocycles. The molecule has 0 spiro atoms. The molecule has 3 aromatic heterocycles. The predicted molar refractivity (Wildman–Crippen MR) is 89.0 cm³/mol. The fraction of sp³-hybridized carbons (Fsp3) is 0.214. The van der Waals surface area contributed by atoms with E-state index < -0.39 is 16.7 Å². The molecule has 14 heteroatoms. The van der Waals surface area contributed by atoms with Crippen molar-refractivity contribution in [2.45, 2.75) is 6.54 Å². The highest BCUT2D eigenvalue weighted by molar-refractivity contribution is 5.92. The largest absolute Gasteiger partial charge is 0.389 e. The van der Waals surface area contributed by atoms with E-state index in [1.807, 2.05) is 0 Å². The first-order valence-electron chi connectivity index (χ1n) is 7.86. The molecule has 28 heavy (non-hydrogen) atoms. The molecule has 3 aromatic rings. The van der Waals surface area contributed by atoms with Crippen LogP contribution < -0.4 is 10.6 Å². The number of rotatable bonds is 8. The Morgan fingerprint density at radius 1 is 1.21 bits per heavy atom. The molecule has 14 nitrogen and oxygen atoms in total. The molecule has 0 bridgehead atoms. The van der Waals surface area contributed by atoms with Gasteiger partial charge in [0.05, 0.1) is 23.6 Å². The van der Waals surface area contributed by atoms with Gasteiger partial charge in [0, 0.05) is 25.5 Å². The maximum absolute atomic E-state index is 12.0. The summed E-state index contributed by atoms with van der Waals surface area (Å²) in [6, 6.07) is 1.23. The van der Waals surface area contributed by atoms with Crippen LogP contribution in [0.2, 0.25) is 0 Å². The third-order valence-corrected chi connectivity index (χ3v) is 3.27. The molecule has 0 fully saturated rings. The summed E-state index contributed by atoms with van der Waals surface area (Å²) in [5.41, 5.74) is 0.161. The van der Waals surface area contributed by atoms with Gasteiger partial charge in [-0.3, -0.25) is 14.6 Å². The number of aromatic nitrogens is 6. The van der Waals surface area contributed by atoms with Gasteiger partial charge < -0.3 is 25.3 Å². The van der Waals surface area contributed by atoms with Gasteiger partial charge in [-0.1, -0.05) is 5.16 Å². The molecule has 2 amide bonds. The van der Waals surface area contributed by atoms with Crippen molar-refractivity contribution in [3.05, 3.63) is 58.4 Å². The topological polar surface area (TPSA) is 184 Å². The molecule has 0 saturated heterocycles. The summed E-state index contributed by atoms with van der Waals surface area (Å²) in [7, 11) is 0. The molecule has 0 saturated carbocycles. The van der Waals surface area contributed by atoms with Crippen molar-refractivity contribution in [2.75, 3.05) is 13.1 Å². The first kappa shape index (κ1) is 18.6. The Labute approximate surface area is 156 Å². The molecule has 0 aliphatic heterocycles. The Morgan fingerprint density at radius 3 is 2.68 bits per heavy atom. The van der Waals surface area contributed by atoms with Crippen molar-refractivity contribution in [2.24, 2.45) is 0 Å². The van der Waals surface area contributed by atoms with Gasteiger partial charge in [-0.05, 0) is 4.92 Å². The Balaban J connectivity index is 1.45. The van der Waals surface area contributed by atoms with Crippen molar-refractivity contribution in [3.63, 3.8) is 0 Å². The van der Waals surface area contributed by atoms with Gasteiger partial charge in [0.15, 0.2) is 5.82 Å². The van der Waals surface area contributed by atoms with Crippen molar-refractivity contribution in [3.8, 4) is 0 Å². The average molecular weight is 387 g/mol. The van der Waals surface area contributed by atoms with Gasteiger partial charge in [-0.15, -0.1) is 0 Å². The monoisotopic (exact) mass is 387 g/mol. The fourth-order valence-corrected chi connectivity index (χ4v) is 2.03. The predicted octanol–water partition coefficient (Wildman–Crippen LogP) is -0.828. The fourth-order valence-electron chi connectivity index (χ4n) is 2.03. The standard InChI is InChI=1S/C14H13N9O5/c24-12(9-7-15-2-3-16-9)17-4-5-18-13(25)14-19-10(21-28-14)8-22-6-1-11(20-22)23(26)27/h1-3,6-7H,4-5,8H2,(H,17,24)(H,18,25). The molecular weight excluding hydrogens is 374 g/mol. The van der Waals surface area contributed by atoms with Gasteiger partial charge in [-0.2, -0.15) is 9.67 Å². The Morgan fingerprint density at radius 2 is 2.00 bits per heavy atom. The second-order valence-electron chi connectivity index (χ2n) is 5.25. The molecule has 0 unspecified atom stereocenters. The van der Waals surface area contributed by atoms with E-state index in [9.17, 15) is 19.7 Å². The molecule has 3 heterocycles. The second kappa shape index (κ2) is 8.43. The number of amides is 2. The van der Waals surface area contributed by atoms with Crippen LogP contribution >= 0.6 is 0 Å². The molecule has 0 aliphatic rings. The van der Waals surface area contributed by atoms with Crippen LogP contribution in [0.1, 0.15) is 27.0 Å². The summed E-state index contributed by atoms with van der Waals surface area (Å²) < 4.78 is 6.09. The molecular formula is C14H13N9O5. The lowest BCUT2D eigenvalue weighted by molar-refractivity contribution is -0.389. The lowest BCUT2D eigenvalue weighted by Gasteiger charge is -2.04. The first-order valence-corrected chi connectivity index (χ1v) is 7.86. The number of hydrogen-bond acceptors (Lipinski definition) is 10. The van der Waals surface area contributed by atoms with Crippen LogP contribution in [0.4, 0.5) is 5.82 Å². The normalized spacial score (nSPS) is 10.4. The van der Waals surface area contributed by atoms with Crippen molar-refractivity contribution in [1.82, 2.24) is 40.5 Å². The van der Waals surface area contributed by atoms with Crippen LogP contribution in [0, 0.1) is 10.1 Å². The van der Waals surface area contributed by atoms with E-state index >= 15 is 0 Å². The zero-order valence-corrected chi connectivity index (χ0v) is 14.2. The number of carbonyl (C=O) groups excluding carboxylic acids is 2. The van der Waals surface area contributed by atoms with E-state index in [2.05, 4.69) is 35.8 Å². The second-order valence-corrected chi connectivity index (χ2v) is 5.25. The third-order valence-electron chi connectivity index (χ3n) is 3.27. The number of nitrogens with one attached hydrogen (secondary N) is 2. The van der Waals surface area contributed by atoms with Crippen LogP contribution in [0.5, 0.6) is 0 Å². The summed E-state index contributed by atoms with van der Waals surface area (Å²) in [6.45, 7) is 0.270. The van der Waals surface area contributed by atoms with E-state index in [-0.39, 0.29) is 42.9 Å². The molecule has 0 aliphatic carbocycles. The lowest BCUT2D eigenvalue weighted by atomic mass is 10.4. The minimum atomic E-state index is -0.630. The zero-order valence-electron chi connectivity index (χ0n) is 14.2. The molecule has 0 radical (unpaired) electrons. The van der Waals surface area contributed by atoms with E-state index in [0.717, 1.165) is 0 Å². The van der Waals surface area contributed by atoms with Crippen LogP contribution in [0.3, 0.4) is 0 Å². The molecule has 0 atom stereocenters. The van der Waals surface area contributed by atoms with Crippen molar-refractivity contribution < 1.29 is 19.0 Å². The quantitative estimate of drug-likeness (QED) is 0.281. The molecule has 3 rings (SSSR count). The SMILES string of the molecule is O=C(NCCNC(=O)c1nc(Cn2ccc([N+](=O)[O-])n2)no1)c1cnccn1. The minimum Gasteiger partial charge on any atom is -0.358 e. The smallest absolute Gasteiger partial charge is 0.358 e. The maximum Gasteiger partial charge on any atom is 0.389 e. The number of carbonyl (C=O) groups is 2. The minimum absolute atomic E-state index is 0.00120. The number of nitrogens with zero attached hydrogens (tertiary/aromatic N) is 7. The zero-order chi connectivity index (χ0) is 19.9. The highest BCUT2D eigenvalue weighted by Gasteiger charge is 2.17. The molecule has 144 valence electrons. The Bertz CT molecular complexity index is 984. The van der Waals surface area contributed by atoms with Crippen LogP contribution in [0.15, 0.2) is 35.4 Å². The summed E-state index contributed by atoms with van der Waals surface area (Å²) in [6.07, 6.45) is 5.55. The maximum atomic E-state index is 12.0. The summed E-state index contributed by atoms with van der Waals surface area (Å²) >= 11 is 0. The van der Waals surface area contributed by atoms with E-state index in [1.54, 1.807) is 0 Å². The van der Waals surface area contributed by atoms with Crippen LogP contribution in [0.25, 0.3) is 0 Å². The first-order chi connectivity index (χ1) is 13.5. The van der Waals surface area contributed by atoms with Crippen molar-refractivity contribution >= 4 is 17.6 Å². The van der Waals surface area contributed by atoms with Gasteiger partial charge in [0.25, 0.3) is 5.91 Å². The highest BCUT2D eigenvalue weighted by Crippen LogP contribution is 2.07. The van der Waals surface area contributed by atoms with Crippen LogP contribution in [-0.4, -0.2) is 59.7 Å². The van der Waals surface area contributed by atoms with Gasteiger partial charge in [0.1, 0.15) is 12.2 Å². The van der Waals surface area contributed by atoms with E-state index in [1.165, 1.54) is 35.5 Å². The van der Waals surface area contributed by atoms with Gasteiger partial charge in [0.2, 0.25) is 0 Å². The highest BCUT2D eigenvalue weighted by atomic mass is 16.6. The average Bonchev–Trinajstić information content (AvgIpc) is 3.36. The van der Waals surface area contributed by atoms with Gasteiger partial charge >= 0.3 is 17.6 Å². The van der Waals surface area contributed by atoms with Crippen LogP contribution in [-0.2, 0) is 6.54 Å². The number of nitro groups is 1. The van der Waals surface area contributed by atoms with Gasteiger partial charge in [-0.25, -0.2) is 4.98 Å². The van der Waals surface area contributed by atoms with E-state index in [0.29, 0.717) is 0 Å². The lowest BCUT2D eigenvalue weighted by Crippen LogP contribution is -2.35. The third kappa shape index (κ3) is 4.69.